The Hall–Kier alpha value is -2.41. The standard InChI is InChI=1S/C26H30N/c1-18-9-5-8-12-23(18)22-14-13-19(2)24(16-22)26-15-20(3)25(17-27(26)4)21-10-6-7-11-21/h5,8-9,12-17,21H,6-7,10-11H2,1-4H3/q+1. The fraction of sp³-hybridized carbons (Fsp3) is 0.346. The Morgan fingerprint density at radius 3 is 2.22 bits per heavy atom. The highest BCUT2D eigenvalue weighted by molar-refractivity contribution is 5.74. The van der Waals surface area contributed by atoms with Gasteiger partial charge in [-0.3, -0.25) is 0 Å². The molecule has 27 heavy (non-hydrogen) atoms. The Kier molecular flexibility index (Phi) is 4.86. The molecule has 0 aliphatic heterocycles. The SMILES string of the molecule is Cc1ccccc1-c1ccc(C)c(-c2cc(C)c(C3CCCC3)c[n+]2C)c1. The minimum Gasteiger partial charge on any atom is -0.201 e. The van der Waals surface area contributed by atoms with E-state index < -0.39 is 0 Å². The summed E-state index contributed by atoms with van der Waals surface area (Å²) in [5.74, 6) is 0.754. The predicted octanol–water partition coefficient (Wildman–Crippen LogP) is 6.43. The molecule has 0 spiro atoms. The molecule has 0 bridgehead atoms. The highest BCUT2D eigenvalue weighted by Gasteiger charge is 2.24. The number of hydrogen-bond acceptors (Lipinski definition) is 0. The minimum atomic E-state index is 0.754. The van der Waals surface area contributed by atoms with Crippen LogP contribution in [0.3, 0.4) is 0 Å². The molecule has 0 amide bonds. The molecular weight excluding hydrogens is 326 g/mol. The zero-order valence-corrected chi connectivity index (χ0v) is 17.0. The molecule has 4 rings (SSSR count). The van der Waals surface area contributed by atoms with Crippen molar-refractivity contribution >= 4 is 0 Å². The molecule has 0 unspecified atom stereocenters. The van der Waals surface area contributed by atoms with Crippen LogP contribution in [0.5, 0.6) is 0 Å². The Labute approximate surface area is 163 Å². The summed E-state index contributed by atoms with van der Waals surface area (Å²) in [6.45, 7) is 6.70. The van der Waals surface area contributed by atoms with Gasteiger partial charge >= 0.3 is 0 Å². The maximum Gasteiger partial charge on any atom is 0.212 e. The van der Waals surface area contributed by atoms with Crippen molar-refractivity contribution in [2.45, 2.75) is 52.4 Å². The third-order valence-corrected chi connectivity index (χ3v) is 6.29. The molecule has 1 heteroatoms. The summed E-state index contributed by atoms with van der Waals surface area (Å²) in [6.07, 6.45) is 7.85. The van der Waals surface area contributed by atoms with Gasteiger partial charge < -0.3 is 0 Å². The van der Waals surface area contributed by atoms with Crippen LogP contribution in [0.1, 0.15) is 53.9 Å². The Balaban J connectivity index is 1.80. The number of hydrogen-bond donors (Lipinski definition) is 0. The highest BCUT2D eigenvalue weighted by Crippen LogP contribution is 2.36. The van der Waals surface area contributed by atoms with E-state index in [0.717, 1.165) is 5.92 Å². The average Bonchev–Trinajstić information content (AvgIpc) is 3.19. The van der Waals surface area contributed by atoms with E-state index >= 15 is 0 Å². The second kappa shape index (κ2) is 7.31. The summed E-state index contributed by atoms with van der Waals surface area (Å²) >= 11 is 0. The van der Waals surface area contributed by atoms with Gasteiger partial charge in [-0.2, -0.15) is 0 Å². The van der Waals surface area contributed by atoms with Crippen molar-refractivity contribution in [1.29, 1.82) is 0 Å². The van der Waals surface area contributed by atoms with Gasteiger partial charge in [-0.25, -0.2) is 4.57 Å². The highest BCUT2D eigenvalue weighted by atomic mass is 14.9. The fourth-order valence-corrected chi connectivity index (χ4v) is 4.66. The maximum atomic E-state index is 2.40. The third kappa shape index (κ3) is 3.43. The first-order chi connectivity index (χ1) is 13.0. The van der Waals surface area contributed by atoms with Crippen molar-refractivity contribution in [3.05, 3.63) is 77.0 Å². The lowest BCUT2D eigenvalue weighted by atomic mass is 9.92. The minimum absolute atomic E-state index is 0.754. The first-order valence-electron chi connectivity index (χ1n) is 10.2. The number of benzene rings is 2. The van der Waals surface area contributed by atoms with Gasteiger partial charge in [0.2, 0.25) is 5.69 Å². The van der Waals surface area contributed by atoms with Crippen LogP contribution in [-0.2, 0) is 7.05 Å². The van der Waals surface area contributed by atoms with Crippen molar-refractivity contribution in [2.75, 3.05) is 0 Å². The number of aromatic nitrogens is 1. The molecule has 0 saturated heterocycles. The van der Waals surface area contributed by atoms with E-state index in [9.17, 15) is 0 Å². The molecule has 3 aromatic rings. The van der Waals surface area contributed by atoms with E-state index in [1.165, 1.54) is 64.8 Å². The van der Waals surface area contributed by atoms with Crippen LogP contribution in [0.4, 0.5) is 0 Å². The van der Waals surface area contributed by atoms with Crippen LogP contribution in [-0.4, -0.2) is 0 Å². The van der Waals surface area contributed by atoms with Crippen molar-refractivity contribution in [2.24, 2.45) is 7.05 Å². The van der Waals surface area contributed by atoms with Gasteiger partial charge in [0.05, 0.1) is 0 Å². The number of nitrogens with zero attached hydrogens (tertiary/aromatic N) is 1. The molecule has 1 nitrogen and oxygen atoms in total. The lowest BCUT2D eigenvalue weighted by molar-refractivity contribution is -0.661. The molecule has 1 fully saturated rings. The van der Waals surface area contributed by atoms with Crippen LogP contribution < -0.4 is 4.57 Å². The molecular formula is C26H30N+. The van der Waals surface area contributed by atoms with E-state index in [2.05, 4.69) is 87.1 Å². The van der Waals surface area contributed by atoms with Crippen molar-refractivity contribution in [3.63, 3.8) is 0 Å². The average molecular weight is 357 g/mol. The summed E-state index contributed by atoms with van der Waals surface area (Å²) in [5.41, 5.74) is 10.9. The topological polar surface area (TPSA) is 3.88 Å². The second-order valence-electron chi connectivity index (χ2n) is 8.23. The largest absolute Gasteiger partial charge is 0.212 e. The van der Waals surface area contributed by atoms with Crippen molar-refractivity contribution in [1.82, 2.24) is 0 Å². The number of rotatable bonds is 3. The first kappa shape index (κ1) is 18.0. The summed E-state index contributed by atoms with van der Waals surface area (Å²) in [6, 6.07) is 17.9. The van der Waals surface area contributed by atoms with Crippen molar-refractivity contribution < 1.29 is 4.57 Å². The van der Waals surface area contributed by atoms with Crippen LogP contribution in [0.25, 0.3) is 22.4 Å². The van der Waals surface area contributed by atoms with E-state index in [-0.39, 0.29) is 0 Å². The molecule has 138 valence electrons. The van der Waals surface area contributed by atoms with Crippen LogP contribution in [0, 0.1) is 20.8 Å². The molecule has 1 aliphatic carbocycles. The zero-order valence-electron chi connectivity index (χ0n) is 17.0. The van der Waals surface area contributed by atoms with Gasteiger partial charge in [0.15, 0.2) is 6.20 Å². The van der Waals surface area contributed by atoms with E-state index in [0.29, 0.717) is 0 Å². The number of aryl methyl sites for hydroxylation is 4. The van der Waals surface area contributed by atoms with Gasteiger partial charge in [0.1, 0.15) is 7.05 Å². The summed E-state index contributed by atoms with van der Waals surface area (Å²) in [4.78, 5) is 0. The summed E-state index contributed by atoms with van der Waals surface area (Å²) < 4.78 is 2.34. The maximum absolute atomic E-state index is 2.40. The lowest BCUT2D eigenvalue weighted by Gasteiger charge is -2.14. The molecule has 2 aromatic carbocycles. The predicted molar refractivity (Wildman–Crippen MR) is 114 cm³/mol. The van der Waals surface area contributed by atoms with Crippen LogP contribution in [0.15, 0.2) is 54.7 Å². The molecule has 0 atom stereocenters. The molecule has 0 N–H and O–H groups in total. The monoisotopic (exact) mass is 356 g/mol. The molecule has 0 radical (unpaired) electrons. The Bertz CT molecular complexity index is 977. The number of pyridine rings is 1. The normalized spacial score (nSPS) is 14.7. The molecule has 1 aromatic heterocycles. The lowest BCUT2D eigenvalue weighted by Crippen LogP contribution is -2.32. The summed E-state index contributed by atoms with van der Waals surface area (Å²) in [7, 11) is 2.20. The summed E-state index contributed by atoms with van der Waals surface area (Å²) in [5, 5.41) is 0. The third-order valence-electron chi connectivity index (χ3n) is 6.29. The van der Waals surface area contributed by atoms with Gasteiger partial charge in [-0.05, 0) is 73.4 Å². The molecule has 1 saturated carbocycles. The van der Waals surface area contributed by atoms with E-state index in [1.54, 1.807) is 5.56 Å². The Morgan fingerprint density at radius 1 is 0.778 bits per heavy atom. The zero-order chi connectivity index (χ0) is 19.0. The van der Waals surface area contributed by atoms with Crippen LogP contribution in [0.2, 0.25) is 0 Å². The Morgan fingerprint density at radius 2 is 1.48 bits per heavy atom. The molecule has 1 heterocycles. The van der Waals surface area contributed by atoms with E-state index in [1.807, 2.05) is 0 Å². The van der Waals surface area contributed by atoms with Gasteiger partial charge in [0.25, 0.3) is 0 Å². The molecule has 1 aliphatic rings. The van der Waals surface area contributed by atoms with E-state index in [4.69, 9.17) is 0 Å². The van der Waals surface area contributed by atoms with Crippen molar-refractivity contribution in [3.8, 4) is 22.4 Å². The van der Waals surface area contributed by atoms with Gasteiger partial charge in [-0.1, -0.05) is 49.2 Å². The van der Waals surface area contributed by atoms with Gasteiger partial charge in [-0.15, -0.1) is 0 Å². The van der Waals surface area contributed by atoms with Crippen LogP contribution >= 0.6 is 0 Å². The first-order valence-corrected chi connectivity index (χ1v) is 10.2. The smallest absolute Gasteiger partial charge is 0.201 e. The second-order valence-corrected chi connectivity index (χ2v) is 8.23. The quantitative estimate of drug-likeness (QED) is 0.476. The van der Waals surface area contributed by atoms with Gasteiger partial charge in [0, 0.05) is 17.2 Å². The fourth-order valence-electron chi connectivity index (χ4n) is 4.66.